The van der Waals surface area contributed by atoms with Gasteiger partial charge in [-0.05, 0) is 47.2 Å². The van der Waals surface area contributed by atoms with Gasteiger partial charge in [0.05, 0.1) is 18.8 Å². The molecule has 0 bridgehead atoms. The zero-order chi connectivity index (χ0) is 18.6. The molecule has 4 nitrogen and oxygen atoms in total. The molecule has 1 saturated heterocycles. The topological polar surface area (TPSA) is 38.8 Å². The van der Waals surface area contributed by atoms with Gasteiger partial charge in [-0.2, -0.15) is 0 Å². The van der Waals surface area contributed by atoms with Crippen molar-refractivity contribution in [3.63, 3.8) is 0 Å². The van der Waals surface area contributed by atoms with Gasteiger partial charge in [-0.1, -0.05) is 42.5 Å². The van der Waals surface area contributed by atoms with Crippen LogP contribution in [0.5, 0.6) is 5.75 Å². The van der Waals surface area contributed by atoms with Crippen LogP contribution in [-0.2, 0) is 4.74 Å². The quantitative estimate of drug-likeness (QED) is 0.391. The van der Waals surface area contributed by atoms with Crippen molar-refractivity contribution < 1.29 is 14.3 Å². The molecule has 0 amide bonds. The Bertz CT molecular complexity index is 978. The number of esters is 1. The Hall–Kier alpha value is -2.76. The average molecular weight is 377 g/mol. The van der Waals surface area contributed by atoms with Crippen molar-refractivity contribution in [2.45, 2.75) is 0 Å². The third kappa shape index (κ3) is 3.99. The van der Waals surface area contributed by atoms with E-state index in [9.17, 15) is 4.79 Å². The van der Waals surface area contributed by atoms with Crippen LogP contribution in [0.1, 0.15) is 15.9 Å². The monoisotopic (exact) mass is 377 g/mol. The number of hydrogen-bond acceptors (Lipinski definition) is 4. The van der Waals surface area contributed by atoms with E-state index in [1.807, 2.05) is 48.5 Å². The number of rotatable bonds is 3. The SMILES string of the molecule is O=C(Oc1ccc(C(=S)N2CCOCC2)cc1)c1ccc2ccccc2c1. The highest BCUT2D eigenvalue weighted by Gasteiger charge is 2.15. The van der Waals surface area contributed by atoms with Gasteiger partial charge >= 0.3 is 5.97 Å². The summed E-state index contributed by atoms with van der Waals surface area (Å²) in [5, 5.41) is 2.10. The highest BCUT2D eigenvalue weighted by atomic mass is 32.1. The highest BCUT2D eigenvalue weighted by molar-refractivity contribution is 7.80. The van der Waals surface area contributed by atoms with E-state index in [1.165, 1.54) is 0 Å². The van der Waals surface area contributed by atoms with Crippen LogP contribution in [0.4, 0.5) is 0 Å². The Morgan fingerprint density at radius 3 is 2.30 bits per heavy atom. The molecule has 0 aromatic heterocycles. The van der Waals surface area contributed by atoms with Gasteiger partial charge in [0.25, 0.3) is 0 Å². The van der Waals surface area contributed by atoms with Gasteiger partial charge in [0.1, 0.15) is 10.7 Å². The molecular formula is C22H19NO3S. The largest absolute Gasteiger partial charge is 0.423 e. The number of carbonyl (C=O) groups is 1. The summed E-state index contributed by atoms with van der Waals surface area (Å²) in [6, 6.07) is 20.8. The second kappa shape index (κ2) is 7.86. The molecule has 0 saturated carbocycles. The fourth-order valence-corrected chi connectivity index (χ4v) is 3.42. The first-order valence-electron chi connectivity index (χ1n) is 8.89. The number of ether oxygens (including phenoxy) is 2. The zero-order valence-electron chi connectivity index (χ0n) is 14.8. The summed E-state index contributed by atoms with van der Waals surface area (Å²) >= 11 is 5.56. The molecule has 3 aromatic carbocycles. The number of thiocarbonyl (C=S) groups is 1. The molecule has 1 aliphatic rings. The van der Waals surface area contributed by atoms with E-state index in [2.05, 4.69) is 4.90 Å². The van der Waals surface area contributed by atoms with Crippen molar-refractivity contribution in [3.8, 4) is 5.75 Å². The fourth-order valence-electron chi connectivity index (χ4n) is 3.10. The summed E-state index contributed by atoms with van der Waals surface area (Å²) in [6.07, 6.45) is 0. The van der Waals surface area contributed by atoms with E-state index in [1.54, 1.807) is 18.2 Å². The second-order valence-corrected chi connectivity index (χ2v) is 6.77. The van der Waals surface area contributed by atoms with Crippen molar-refractivity contribution in [1.82, 2.24) is 4.90 Å². The first kappa shape index (κ1) is 17.6. The molecule has 27 heavy (non-hydrogen) atoms. The smallest absolute Gasteiger partial charge is 0.343 e. The maximum Gasteiger partial charge on any atom is 0.343 e. The Kier molecular flexibility index (Phi) is 5.14. The molecule has 5 heteroatoms. The van der Waals surface area contributed by atoms with Gasteiger partial charge in [0, 0.05) is 18.7 Å². The van der Waals surface area contributed by atoms with E-state index in [4.69, 9.17) is 21.7 Å². The summed E-state index contributed by atoms with van der Waals surface area (Å²) in [5.74, 6) is 0.131. The maximum atomic E-state index is 12.5. The number of nitrogens with zero attached hydrogens (tertiary/aromatic N) is 1. The lowest BCUT2D eigenvalue weighted by Gasteiger charge is -2.29. The third-order valence-corrected chi connectivity index (χ3v) is 5.09. The lowest BCUT2D eigenvalue weighted by molar-refractivity contribution is 0.0692. The number of fused-ring (bicyclic) bond motifs is 1. The van der Waals surface area contributed by atoms with Crippen molar-refractivity contribution in [1.29, 1.82) is 0 Å². The van der Waals surface area contributed by atoms with Gasteiger partial charge in [-0.15, -0.1) is 0 Å². The van der Waals surface area contributed by atoms with Crippen LogP contribution in [0.2, 0.25) is 0 Å². The predicted octanol–water partition coefficient (Wildman–Crippen LogP) is 4.07. The number of carbonyl (C=O) groups excluding carboxylic acids is 1. The van der Waals surface area contributed by atoms with Gasteiger partial charge in [-0.25, -0.2) is 4.79 Å². The minimum atomic E-state index is -0.371. The fraction of sp³-hybridized carbons (Fsp3) is 0.182. The van der Waals surface area contributed by atoms with Gasteiger partial charge < -0.3 is 14.4 Å². The highest BCUT2D eigenvalue weighted by Crippen LogP contribution is 2.19. The maximum absolute atomic E-state index is 12.5. The van der Waals surface area contributed by atoms with Gasteiger partial charge in [-0.3, -0.25) is 0 Å². The lowest BCUT2D eigenvalue weighted by Crippen LogP contribution is -2.40. The predicted molar refractivity (Wildman–Crippen MR) is 109 cm³/mol. The molecule has 1 aliphatic heterocycles. The standard InChI is InChI=1S/C22H19NO3S/c24-22(19-6-5-16-3-1-2-4-18(16)15-19)26-20-9-7-17(8-10-20)21(27)23-11-13-25-14-12-23/h1-10,15H,11-14H2. The summed E-state index contributed by atoms with van der Waals surface area (Å²) in [4.78, 5) is 15.4. The van der Waals surface area contributed by atoms with Crippen LogP contribution < -0.4 is 4.74 Å². The van der Waals surface area contributed by atoms with Crippen LogP contribution in [0.25, 0.3) is 10.8 Å². The second-order valence-electron chi connectivity index (χ2n) is 6.38. The normalized spacial score (nSPS) is 14.1. The zero-order valence-corrected chi connectivity index (χ0v) is 15.6. The molecule has 0 aliphatic carbocycles. The Morgan fingerprint density at radius 1 is 0.889 bits per heavy atom. The summed E-state index contributed by atoms with van der Waals surface area (Å²) in [6.45, 7) is 3.00. The average Bonchev–Trinajstić information content (AvgIpc) is 2.74. The summed E-state index contributed by atoms with van der Waals surface area (Å²) < 4.78 is 10.9. The molecule has 4 rings (SSSR count). The van der Waals surface area contributed by atoms with Crippen molar-refractivity contribution in [3.05, 3.63) is 77.9 Å². The van der Waals surface area contributed by atoms with Gasteiger partial charge in [0.15, 0.2) is 0 Å². The molecule has 0 N–H and O–H groups in total. The minimum absolute atomic E-state index is 0.371. The van der Waals surface area contributed by atoms with Crippen molar-refractivity contribution >= 4 is 33.9 Å². The van der Waals surface area contributed by atoms with E-state index in [-0.39, 0.29) is 5.97 Å². The molecule has 1 fully saturated rings. The minimum Gasteiger partial charge on any atom is -0.423 e. The molecule has 0 unspecified atom stereocenters. The molecule has 3 aromatic rings. The van der Waals surface area contributed by atoms with Crippen LogP contribution in [-0.4, -0.2) is 42.2 Å². The lowest BCUT2D eigenvalue weighted by atomic mass is 10.1. The van der Waals surface area contributed by atoms with Crippen LogP contribution in [0, 0.1) is 0 Å². The Morgan fingerprint density at radius 2 is 1.56 bits per heavy atom. The number of morpholine rings is 1. The van der Waals surface area contributed by atoms with Crippen LogP contribution in [0.3, 0.4) is 0 Å². The molecule has 0 atom stereocenters. The molecular weight excluding hydrogens is 358 g/mol. The van der Waals surface area contributed by atoms with Crippen molar-refractivity contribution in [2.75, 3.05) is 26.3 Å². The molecule has 136 valence electrons. The first-order valence-corrected chi connectivity index (χ1v) is 9.29. The third-order valence-electron chi connectivity index (χ3n) is 4.60. The number of hydrogen-bond donors (Lipinski definition) is 0. The molecule has 0 radical (unpaired) electrons. The van der Waals surface area contributed by atoms with Gasteiger partial charge in [0.2, 0.25) is 0 Å². The Balaban J connectivity index is 1.45. The van der Waals surface area contributed by atoms with E-state index >= 15 is 0 Å². The van der Waals surface area contributed by atoms with Crippen LogP contribution >= 0.6 is 12.2 Å². The summed E-state index contributed by atoms with van der Waals surface area (Å²) in [5.41, 5.74) is 1.47. The Labute approximate surface area is 163 Å². The molecule has 1 heterocycles. The van der Waals surface area contributed by atoms with E-state index in [0.717, 1.165) is 34.4 Å². The van der Waals surface area contributed by atoms with E-state index < -0.39 is 0 Å². The summed E-state index contributed by atoms with van der Waals surface area (Å²) in [7, 11) is 0. The first-order chi connectivity index (χ1) is 13.2. The number of benzene rings is 3. The van der Waals surface area contributed by atoms with E-state index in [0.29, 0.717) is 24.5 Å². The molecule has 0 spiro atoms. The van der Waals surface area contributed by atoms with Crippen LogP contribution in [0.15, 0.2) is 66.7 Å². The van der Waals surface area contributed by atoms with Crippen molar-refractivity contribution in [2.24, 2.45) is 0 Å².